The molecule has 0 spiro atoms. The summed E-state index contributed by atoms with van der Waals surface area (Å²) in [4.78, 5) is 65.8. The number of thiazole rings is 1. The van der Waals surface area contributed by atoms with Crippen LogP contribution >= 0.6 is 23.1 Å². The van der Waals surface area contributed by atoms with E-state index in [0.29, 0.717) is 16.5 Å². The smallest absolute Gasteiger partial charge is 0.353 e. The number of rotatable bonds is 14. The molecule has 7 rings (SSSR count). The number of nitrogens with zero attached hydrogens (tertiary/aromatic N) is 5. The molecule has 2 aromatic heterocycles. The van der Waals surface area contributed by atoms with Crippen LogP contribution in [0.1, 0.15) is 57.0 Å². The van der Waals surface area contributed by atoms with Crippen molar-refractivity contribution in [3.05, 3.63) is 148 Å². The second-order valence-corrected chi connectivity index (χ2v) is 17.8. The molecule has 1 saturated heterocycles. The van der Waals surface area contributed by atoms with Crippen molar-refractivity contribution in [3.8, 4) is 0 Å². The van der Waals surface area contributed by atoms with Gasteiger partial charge in [0.1, 0.15) is 40.5 Å². The molecule has 3 aromatic carbocycles. The van der Waals surface area contributed by atoms with Crippen LogP contribution in [0.15, 0.2) is 131 Å². The minimum Gasteiger partial charge on any atom is -0.477 e. The number of oxime groups is 1. The largest absolute Gasteiger partial charge is 0.477 e. The van der Waals surface area contributed by atoms with E-state index in [-0.39, 0.29) is 23.6 Å². The van der Waals surface area contributed by atoms with Crippen LogP contribution in [-0.2, 0) is 47.9 Å². The topological polar surface area (TPSA) is 168 Å². The molecule has 0 unspecified atom stereocenters. The lowest BCUT2D eigenvalue weighted by atomic mass is 9.77. The first-order valence-corrected chi connectivity index (χ1v) is 21.1. The normalized spacial score (nSPS) is 17.1. The zero-order valence-corrected chi connectivity index (χ0v) is 35.6. The number of aliphatic carboxylic acids is 1. The number of carboxylic acids is 1. The molecular weight excluding hydrogens is 803 g/mol. The van der Waals surface area contributed by atoms with Gasteiger partial charge in [0.2, 0.25) is 5.60 Å². The van der Waals surface area contributed by atoms with Crippen molar-refractivity contribution in [3.63, 3.8) is 0 Å². The average Bonchev–Trinajstić information content (AvgIpc) is 3.87. The summed E-state index contributed by atoms with van der Waals surface area (Å²) in [6.07, 6.45) is 3.66. The fraction of sp³-hybridized carbons (Fsp3) is 0.295. The molecule has 310 valence electrons. The van der Waals surface area contributed by atoms with E-state index in [1.165, 1.54) is 41.8 Å². The zero-order chi connectivity index (χ0) is 42.8. The molecule has 2 atom stereocenters. The van der Waals surface area contributed by atoms with E-state index in [9.17, 15) is 24.3 Å². The molecule has 2 amide bonds. The molecule has 0 bridgehead atoms. The van der Waals surface area contributed by atoms with Gasteiger partial charge in [-0.05, 0) is 56.9 Å². The fourth-order valence-electron chi connectivity index (χ4n) is 7.01. The highest BCUT2D eigenvalue weighted by molar-refractivity contribution is 8.00. The maximum atomic E-state index is 14.4. The van der Waals surface area contributed by atoms with Crippen LogP contribution < -0.4 is 15.3 Å². The van der Waals surface area contributed by atoms with E-state index in [1.54, 1.807) is 26.2 Å². The highest BCUT2D eigenvalue weighted by Crippen LogP contribution is 2.42. The zero-order valence-electron chi connectivity index (χ0n) is 34.0. The van der Waals surface area contributed by atoms with Gasteiger partial charge in [0, 0.05) is 17.2 Å². The molecule has 60 heavy (non-hydrogen) atoms. The Kier molecular flexibility index (Phi) is 11.7. The van der Waals surface area contributed by atoms with Crippen molar-refractivity contribution in [2.45, 2.75) is 69.3 Å². The highest BCUT2D eigenvalue weighted by atomic mass is 32.2. The number of aryl methyl sites for hydroxylation is 1. The standard InChI is InChI=1S/C44H45N7O7S2/c1-42(2,3)57-40(56)43(4,5)58-48-33(36(52)46-34-37(53)51-35(39(54)55)28(26-59-38(34)51)25-50-24-16-23-49(50)6)32-27-60-41(45-32)47-44(29-17-10-7-11-18-29,30-19-12-8-13-20-30)31-21-14-9-15-22-31/h7-24,27,34,38H,25-26H2,1-6H3,(H2-,45,46,47,52,54,55)/p+1/b48-33-/t34-,38-/m1/s1. The minimum absolute atomic E-state index is 0.103. The van der Waals surface area contributed by atoms with Gasteiger partial charge in [-0.15, -0.1) is 27.8 Å². The Morgan fingerprint density at radius 3 is 2.02 bits per heavy atom. The third kappa shape index (κ3) is 8.43. The summed E-state index contributed by atoms with van der Waals surface area (Å²) in [6.45, 7) is 8.39. The number of thioether (sulfide) groups is 1. The predicted octanol–water partition coefficient (Wildman–Crippen LogP) is 5.45. The van der Waals surface area contributed by atoms with Crippen molar-refractivity contribution >= 4 is 57.7 Å². The molecule has 14 nitrogen and oxygen atoms in total. The first-order valence-electron chi connectivity index (χ1n) is 19.2. The van der Waals surface area contributed by atoms with Gasteiger partial charge >= 0.3 is 11.9 Å². The summed E-state index contributed by atoms with van der Waals surface area (Å²) in [7, 11) is 1.84. The van der Waals surface area contributed by atoms with Crippen molar-refractivity contribution in [1.29, 1.82) is 0 Å². The Bertz CT molecular complexity index is 2360. The number of carboxylic acid groups (broad SMARTS) is 1. The Labute approximate surface area is 355 Å². The number of β-lactam (4-membered cyclic amide) rings is 1. The van der Waals surface area contributed by atoms with Crippen LogP contribution in [0, 0.1) is 0 Å². The molecule has 1 fully saturated rings. The number of ether oxygens (including phenoxy) is 1. The summed E-state index contributed by atoms with van der Waals surface area (Å²) in [5.74, 6) is -3.01. The lowest BCUT2D eigenvalue weighted by Gasteiger charge is -2.49. The first-order chi connectivity index (χ1) is 28.6. The fourth-order valence-corrected chi connectivity index (χ4v) is 9.10. The van der Waals surface area contributed by atoms with Crippen LogP contribution in [0.2, 0.25) is 0 Å². The molecule has 0 saturated carbocycles. The van der Waals surface area contributed by atoms with Gasteiger partial charge < -0.3 is 25.3 Å². The van der Waals surface area contributed by atoms with Crippen LogP contribution in [0.25, 0.3) is 0 Å². The van der Waals surface area contributed by atoms with Crippen molar-refractivity contribution in [1.82, 2.24) is 19.9 Å². The maximum Gasteiger partial charge on any atom is 0.353 e. The number of hydrogen-bond donors (Lipinski definition) is 3. The third-order valence-corrected chi connectivity index (χ3v) is 12.1. The number of amides is 2. The summed E-state index contributed by atoms with van der Waals surface area (Å²) in [6, 6.07) is 30.6. The summed E-state index contributed by atoms with van der Waals surface area (Å²) in [5, 5.41) is 22.3. The highest BCUT2D eigenvalue weighted by Gasteiger charge is 2.54. The molecule has 2 aliphatic rings. The molecule has 4 heterocycles. The predicted molar refractivity (Wildman–Crippen MR) is 228 cm³/mol. The van der Waals surface area contributed by atoms with Crippen molar-refractivity contribution in [2.24, 2.45) is 12.2 Å². The molecule has 5 aromatic rings. The number of esters is 1. The molecule has 0 aliphatic carbocycles. The van der Waals surface area contributed by atoms with Gasteiger partial charge in [0.25, 0.3) is 11.8 Å². The van der Waals surface area contributed by atoms with E-state index in [2.05, 4.69) is 15.8 Å². The second kappa shape index (κ2) is 16.8. The summed E-state index contributed by atoms with van der Waals surface area (Å²) in [5.41, 5.74) is -0.308. The molecule has 16 heteroatoms. The quantitative estimate of drug-likeness (QED) is 0.0327. The van der Waals surface area contributed by atoms with Crippen molar-refractivity contribution < 1.29 is 38.5 Å². The average molecular weight is 849 g/mol. The Hall–Kier alpha value is -6.26. The van der Waals surface area contributed by atoms with Crippen molar-refractivity contribution in [2.75, 3.05) is 11.1 Å². The number of carbonyl (C=O) groups excluding carboxylic acids is 3. The number of carbonyl (C=O) groups is 4. The monoisotopic (exact) mass is 848 g/mol. The first kappa shape index (κ1) is 41.9. The number of hydrogen-bond acceptors (Lipinski definition) is 11. The molecule has 0 radical (unpaired) electrons. The van der Waals surface area contributed by atoms with E-state index < -0.39 is 51.9 Å². The number of anilines is 1. The van der Waals surface area contributed by atoms with Gasteiger partial charge in [-0.25, -0.2) is 14.6 Å². The van der Waals surface area contributed by atoms with E-state index in [4.69, 9.17) is 14.6 Å². The van der Waals surface area contributed by atoms with Gasteiger partial charge in [-0.1, -0.05) is 96.2 Å². The van der Waals surface area contributed by atoms with Gasteiger partial charge in [0.15, 0.2) is 24.1 Å². The Morgan fingerprint density at radius 1 is 0.917 bits per heavy atom. The summed E-state index contributed by atoms with van der Waals surface area (Å²) < 4.78 is 9.22. The SMILES string of the molecule is C[n+]1cccn1CC1=C(C(=O)O)N2C(=O)[C@@H](NC(=O)/C(=N\OC(C)(C)C(=O)OC(C)(C)C)c3csc(NC(c4ccccc4)(c4ccccc4)c4ccccc4)n3)[C@H]2SC1. The lowest BCUT2D eigenvalue weighted by Crippen LogP contribution is -2.71. The van der Waals surface area contributed by atoms with Gasteiger partial charge in [0.05, 0.1) is 6.20 Å². The summed E-state index contributed by atoms with van der Waals surface area (Å²) >= 11 is 2.59. The third-order valence-electron chi connectivity index (χ3n) is 9.99. The molecule has 2 aliphatic heterocycles. The number of benzene rings is 3. The van der Waals surface area contributed by atoms with E-state index in [0.717, 1.165) is 16.7 Å². The van der Waals surface area contributed by atoms with E-state index in [1.807, 2.05) is 126 Å². The van der Waals surface area contributed by atoms with Crippen LogP contribution in [0.4, 0.5) is 5.13 Å². The van der Waals surface area contributed by atoms with Gasteiger partial charge in [-0.2, -0.15) is 4.68 Å². The second-order valence-electron chi connectivity index (χ2n) is 15.8. The van der Waals surface area contributed by atoms with Gasteiger partial charge in [-0.3, -0.25) is 14.5 Å². The Morgan fingerprint density at radius 2 is 1.50 bits per heavy atom. The lowest BCUT2D eigenvalue weighted by molar-refractivity contribution is -0.752. The number of aromatic nitrogens is 3. The number of fused-ring (bicyclic) bond motifs is 1. The minimum atomic E-state index is -1.63. The molecule has 3 N–H and O–H groups in total. The maximum absolute atomic E-state index is 14.4. The van der Waals surface area contributed by atoms with Crippen LogP contribution in [0.3, 0.4) is 0 Å². The number of nitrogens with one attached hydrogen (secondary N) is 2. The van der Waals surface area contributed by atoms with E-state index >= 15 is 0 Å². The molecular formula is C44H46N7O7S2+. The Balaban J connectivity index is 1.22. The van der Waals surface area contributed by atoms with Crippen LogP contribution in [-0.4, -0.2) is 77.5 Å². The van der Waals surface area contributed by atoms with Crippen LogP contribution in [0.5, 0.6) is 0 Å².